The van der Waals surface area contributed by atoms with Crippen molar-refractivity contribution < 1.29 is 5.11 Å². The molecule has 3 rings (SSSR count). The number of rotatable bonds is 4. The van der Waals surface area contributed by atoms with Gasteiger partial charge in [-0.25, -0.2) is 4.68 Å². The van der Waals surface area contributed by atoms with Crippen LogP contribution >= 0.6 is 0 Å². The van der Waals surface area contributed by atoms with E-state index in [1.807, 2.05) is 73.1 Å². The highest BCUT2D eigenvalue weighted by atomic mass is 16.3. The summed E-state index contributed by atoms with van der Waals surface area (Å²) in [5.41, 5.74) is 2.87. The molecule has 0 aliphatic rings. The summed E-state index contributed by atoms with van der Waals surface area (Å²) < 4.78 is 1.67. The van der Waals surface area contributed by atoms with Gasteiger partial charge >= 0.3 is 0 Å². The van der Waals surface area contributed by atoms with Crippen molar-refractivity contribution in [3.63, 3.8) is 0 Å². The van der Waals surface area contributed by atoms with Gasteiger partial charge < -0.3 is 5.11 Å². The van der Waals surface area contributed by atoms with Gasteiger partial charge in [-0.2, -0.15) is 0 Å². The van der Waals surface area contributed by atoms with E-state index in [0.29, 0.717) is 0 Å². The third kappa shape index (κ3) is 3.70. The Morgan fingerprint density at radius 3 is 2.32 bits per heavy atom. The molecule has 108 valence electrons. The molecule has 1 heterocycles. The van der Waals surface area contributed by atoms with E-state index >= 15 is 0 Å². The lowest BCUT2D eigenvalue weighted by molar-refractivity contribution is 0.475. The maximum Gasteiger partial charge on any atom is 0.115 e. The number of phenolic OH excluding ortho intramolecular Hbond substituents is 1. The van der Waals surface area contributed by atoms with Gasteiger partial charge in [-0.15, -0.1) is 5.10 Å². The van der Waals surface area contributed by atoms with Crippen LogP contribution in [0.3, 0.4) is 0 Å². The monoisotopic (exact) mass is 289 g/mol. The first-order chi connectivity index (χ1) is 10.8. The van der Waals surface area contributed by atoms with E-state index < -0.39 is 0 Å². The fourth-order valence-electron chi connectivity index (χ4n) is 1.93. The molecular weight excluding hydrogens is 274 g/mol. The molecule has 0 saturated heterocycles. The topological polar surface area (TPSA) is 50.9 Å². The molecule has 0 spiro atoms. The van der Waals surface area contributed by atoms with Crippen LogP contribution in [-0.2, 0) is 0 Å². The van der Waals surface area contributed by atoms with E-state index in [1.165, 1.54) is 0 Å². The molecule has 2 aromatic carbocycles. The van der Waals surface area contributed by atoms with Crippen molar-refractivity contribution >= 4 is 24.4 Å². The second-order valence-corrected chi connectivity index (χ2v) is 4.77. The zero-order valence-corrected chi connectivity index (χ0v) is 11.9. The number of hydrogen-bond acceptors (Lipinski definition) is 3. The van der Waals surface area contributed by atoms with Crippen LogP contribution < -0.4 is 0 Å². The van der Waals surface area contributed by atoms with Gasteiger partial charge in [0.05, 0.1) is 6.20 Å². The van der Waals surface area contributed by atoms with Crippen LogP contribution in [-0.4, -0.2) is 20.1 Å². The van der Waals surface area contributed by atoms with Crippen molar-refractivity contribution in [2.45, 2.75) is 0 Å². The highest BCUT2D eigenvalue weighted by Crippen LogP contribution is 2.12. The van der Waals surface area contributed by atoms with Crippen molar-refractivity contribution in [3.8, 4) is 5.75 Å². The maximum absolute atomic E-state index is 9.24. The molecule has 0 radical (unpaired) electrons. The van der Waals surface area contributed by atoms with Crippen molar-refractivity contribution in [2.24, 2.45) is 0 Å². The van der Waals surface area contributed by atoms with Gasteiger partial charge in [-0.1, -0.05) is 53.8 Å². The Kier molecular flexibility index (Phi) is 4.11. The van der Waals surface area contributed by atoms with Crippen LogP contribution in [0.1, 0.15) is 16.8 Å². The third-order valence-corrected chi connectivity index (χ3v) is 3.09. The Bertz CT molecular complexity index is 787. The molecular formula is C18H15N3O. The molecule has 3 aromatic rings. The first-order valence-corrected chi connectivity index (χ1v) is 6.92. The van der Waals surface area contributed by atoms with E-state index in [2.05, 4.69) is 10.3 Å². The standard InChI is InChI=1S/C18H15N3O/c22-18-10-7-16(8-11-18)6-9-17-14-21(20-19-17)13-12-15-4-2-1-3-5-15/h1-14,22H/b9-6+,13-12+. The van der Waals surface area contributed by atoms with Gasteiger partial charge in [0, 0.05) is 6.20 Å². The minimum atomic E-state index is 0.258. The van der Waals surface area contributed by atoms with E-state index in [1.54, 1.807) is 16.8 Å². The minimum Gasteiger partial charge on any atom is -0.508 e. The molecule has 4 heteroatoms. The SMILES string of the molecule is Oc1ccc(/C=C/c2cn(/C=C/c3ccccc3)nn2)cc1. The fraction of sp³-hybridized carbons (Fsp3) is 0. The maximum atomic E-state index is 9.24. The first kappa shape index (κ1) is 13.8. The van der Waals surface area contributed by atoms with E-state index in [9.17, 15) is 5.11 Å². The number of aromatic nitrogens is 3. The zero-order chi connectivity index (χ0) is 15.2. The summed E-state index contributed by atoms with van der Waals surface area (Å²) in [7, 11) is 0. The lowest BCUT2D eigenvalue weighted by Gasteiger charge is -1.92. The Morgan fingerprint density at radius 1 is 0.818 bits per heavy atom. The molecule has 0 aliphatic carbocycles. The van der Waals surface area contributed by atoms with Crippen LogP contribution in [0.2, 0.25) is 0 Å². The molecule has 22 heavy (non-hydrogen) atoms. The molecule has 0 amide bonds. The smallest absolute Gasteiger partial charge is 0.115 e. The summed E-state index contributed by atoms with van der Waals surface area (Å²) >= 11 is 0. The molecule has 0 aliphatic heterocycles. The molecule has 0 fully saturated rings. The fourth-order valence-corrected chi connectivity index (χ4v) is 1.93. The number of benzene rings is 2. The minimum absolute atomic E-state index is 0.258. The first-order valence-electron chi connectivity index (χ1n) is 6.92. The zero-order valence-electron chi connectivity index (χ0n) is 11.9. The lowest BCUT2D eigenvalue weighted by atomic mass is 10.2. The number of hydrogen-bond donors (Lipinski definition) is 1. The molecule has 0 saturated carbocycles. The lowest BCUT2D eigenvalue weighted by Crippen LogP contribution is -1.85. The summed E-state index contributed by atoms with van der Waals surface area (Å²) in [6.07, 6.45) is 9.49. The number of nitrogens with zero attached hydrogens (tertiary/aromatic N) is 3. The largest absolute Gasteiger partial charge is 0.508 e. The second kappa shape index (κ2) is 6.54. The van der Waals surface area contributed by atoms with Crippen molar-refractivity contribution in [1.82, 2.24) is 15.0 Å². The Labute approximate surface area is 128 Å². The summed E-state index contributed by atoms with van der Waals surface area (Å²) in [5, 5.41) is 17.4. The molecule has 0 atom stereocenters. The van der Waals surface area contributed by atoms with E-state index in [-0.39, 0.29) is 5.75 Å². The summed E-state index contributed by atoms with van der Waals surface area (Å²) in [4.78, 5) is 0. The molecule has 1 aromatic heterocycles. The van der Waals surface area contributed by atoms with Crippen LogP contribution in [0.25, 0.3) is 24.4 Å². The number of aromatic hydroxyl groups is 1. The predicted octanol–water partition coefficient (Wildman–Crippen LogP) is 3.78. The highest BCUT2D eigenvalue weighted by Gasteiger charge is 1.94. The summed E-state index contributed by atoms with van der Waals surface area (Å²) in [5.74, 6) is 0.258. The molecule has 1 N–H and O–H groups in total. The average molecular weight is 289 g/mol. The average Bonchev–Trinajstić information content (AvgIpc) is 3.01. The van der Waals surface area contributed by atoms with Crippen LogP contribution in [0.15, 0.2) is 60.8 Å². The molecule has 0 unspecified atom stereocenters. The van der Waals surface area contributed by atoms with Gasteiger partial charge in [-0.3, -0.25) is 0 Å². The Morgan fingerprint density at radius 2 is 1.55 bits per heavy atom. The van der Waals surface area contributed by atoms with Gasteiger partial charge in [-0.05, 0) is 35.4 Å². The second-order valence-electron chi connectivity index (χ2n) is 4.77. The van der Waals surface area contributed by atoms with Gasteiger partial charge in [0.15, 0.2) is 0 Å². The van der Waals surface area contributed by atoms with Gasteiger partial charge in [0.2, 0.25) is 0 Å². The quantitative estimate of drug-likeness (QED) is 0.795. The third-order valence-electron chi connectivity index (χ3n) is 3.09. The molecule has 0 bridgehead atoms. The van der Waals surface area contributed by atoms with Crippen molar-refractivity contribution in [2.75, 3.05) is 0 Å². The Hall–Kier alpha value is -3.14. The highest BCUT2D eigenvalue weighted by molar-refractivity contribution is 5.68. The normalized spacial score (nSPS) is 11.5. The Balaban J connectivity index is 1.68. The van der Waals surface area contributed by atoms with E-state index in [0.717, 1.165) is 16.8 Å². The van der Waals surface area contributed by atoms with Crippen LogP contribution in [0.5, 0.6) is 5.75 Å². The van der Waals surface area contributed by atoms with Gasteiger partial charge in [0.1, 0.15) is 11.4 Å². The number of phenols is 1. The van der Waals surface area contributed by atoms with Gasteiger partial charge in [0.25, 0.3) is 0 Å². The predicted molar refractivity (Wildman–Crippen MR) is 88.7 cm³/mol. The summed E-state index contributed by atoms with van der Waals surface area (Å²) in [6, 6.07) is 17.0. The van der Waals surface area contributed by atoms with Crippen LogP contribution in [0, 0.1) is 0 Å². The van der Waals surface area contributed by atoms with Crippen molar-refractivity contribution in [3.05, 3.63) is 77.6 Å². The van der Waals surface area contributed by atoms with Crippen molar-refractivity contribution in [1.29, 1.82) is 0 Å². The van der Waals surface area contributed by atoms with E-state index in [4.69, 9.17) is 0 Å². The van der Waals surface area contributed by atoms with Crippen LogP contribution in [0.4, 0.5) is 0 Å². The summed E-state index contributed by atoms with van der Waals surface area (Å²) in [6.45, 7) is 0. The molecule has 4 nitrogen and oxygen atoms in total.